The van der Waals surface area contributed by atoms with Crippen LogP contribution in [0.15, 0.2) is 16.8 Å². The highest BCUT2D eigenvalue weighted by Gasteiger charge is 2.19. The second kappa shape index (κ2) is 5.66. The quantitative estimate of drug-likeness (QED) is 0.779. The number of hydrogen-bond acceptors (Lipinski definition) is 2. The molecule has 1 saturated carbocycles. The van der Waals surface area contributed by atoms with Gasteiger partial charge in [-0.15, -0.1) is 0 Å². The lowest BCUT2D eigenvalue weighted by Crippen LogP contribution is -2.31. The molecule has 0 aliphatic heterocycles. The molecule has 0 saturated heterocycles. The molecular weight excluding hydrogens is 202 g/mol. The molecule has 1 aromatic rings. The Morgan fingerprint density at radius 2 is 2.40 bits per heavy atom. The van der Waals surface area contributed by atoms with Crippen molar-refractivity contribution in [3.05, 3.63) is 22.4 Å². The zero-order chi connectivity index (χ0) is 10.5. The zero-order valence-corrected chi connectivity index (χ0v) is 10.4. The standard InChI is InChI=1S/C13H21NS/c1-11(9-12-3-2-4-12)14-7-5-13-6-8-15-10-13/h6,8,10-12,14H,2-5,7,9H2,1H3. The normalized spacial score (nSPS) is 18.7. The van der Waals surface area contributed by atoms with E-state index in [4.69, 9.17) is 0 Å². The van der Waals surface area contributed by atoms with E-state index in [1.54, 1.807) is 11.3 Å². The van der Waals surface area contributed by atoms with Crippen molar-refractivity contribution >= 4 is 11.3 Å². The highest BCUT2D eigenvalue weighted by molar-refractivity contribution is 7.07. The number of thiophene rings is 1. The van der Waals surface area contributed by atoms with Crippen LogP contribution in [0.2, 0.25) is 0 Å². The summed E-state index contributed by atoms with van der Waals surface area (Å²) in [5.41, 5.74) is 1.48. The van der Waals surface area contributed by atoms with Gasteiger partial charge in [0.25, 0.3) is 0 Å². The van der Waals surface area contributed by atoms with E-state index in [9.17, 15) is 0 Å². The van der Waals surface area contributed by atoms with Crippen molar-refractivity contribution in [1.29, 1.82) is 0 Å². The molecule has 15 heavy (non-hydrogen) atoms. The third-order valence-corrected chi connectivity index (χ3v) is 4.13. The Kier molecular flexibility index (Phi) is 4.21. The predicted molar refractivity (Wildman–Crippen MR) is 67.4 cm³/mol. The topological polar surface area (TPSA) is 12.0 Å². The first-order chi connectivity index (χ1) is 7.34. The number of hydrogen-bond donors (Lipinski definition) is 1. The zero-order valence-electron chi connectivity index (χ0n) is 9.54. The highest BCUT2D eigenvalue weighted by atomic mass is 32.1. The Bertz CT molecular complexity index is 264. The first-order valence-electron chi connectivity index (χ1n) is 6.09. The van der Waals surface area contributed by atoms with Gasteiger partial charge >= 0.3 is 0 Å². The first-order valence-corrected chi connectivity index (χ1v) is 7.03. The Hall–Kier alpha value is -0.340. The van der Waals surface area contributed by atoms with E-state index in [1.165, 1.54) is 37.7 Å². The van der Waals surface area contributed by atoms with E-state index in [0.717, 1.165) is 12.5 Å². The monoisotopic (exact) mass is 223 g/mol. The van der Waals surface area contributed by atoms with Crippen molar-refractivity contribution in [3.8, 4) is 0 Å². The Morgan fingerprint density at radius 3 is 3.00 bits per heavy atom. The van der Waals surface area contributed by atoms with Crippen LogP contribution in [0.1, 0.15) is 38.2 Å². The van der Waals surface area contributed by atoms with E-state index in [-0.39, 0.29) is 0 Å². The lowest BCUT2D eigenvalue weighted by Gasteiger charge is -2.28. The molecule has 1 atom stereocenters. The Morgan fingerprint density at radius 1 is 1.53 bits per heavy atom. The fourth-order valence-corrected chi connectivity index (χ4v) is 2.91. The summed E-state index contributed by atoms with van der Waals surface area (Å²) in [5, 5.41) is 8.03. The van der Waals surface area contributed by atoms with Gasteiger partial charge in [-0.3, -0.25) is 0 Å². The van der Waals surface area contributed by atoms with Gasteiger partial charge in [-0.2, -0.15) is 11.3 Å². The fourth-order valence-electron chi connectivity index (χ4n) is 2.21. The molecule has 1 nitrogen and oxygen atoms in total. The van der Waals surface area contributed by atoms with E-state index < -0.39 is 0 Å². The van der Waals surface area contributed by atoms with Crippen LogP contribution in [0.3, 0.4) is 0 Å². The maximum atomic E-state index is 3.62. The molecule has 1 aliphatic rings. The van der Waals surface area contributed by atoms with Crippen molar-refractivity contribution in [2.45, 2.75) is 45.1 Å². The number of rotatable bonds is 6. The van der Waals surface area contributed by atoms with Crippen LogP contribution in [0.5, 0.6) is 0 Å². The maximum Gasteiger partial charge on any atom is 0.00414 e. The largest absolute Gasteiger partial charge is 0.314 e. The van der Waals surface area contributed by atoms with Crippen LogP contribution in [-0.2, 0) is 6.42 Å². The van der Waals surface area contributed by atoms with Crippen LogP contribution < -0.4 is 5.32 Å². The molecule has 1 heterocycles. The molecule has 1 unspecified atom stereocenters. The Labute approximate surface area is 96.9 Å². The summed E-state index contributed by atoms with van der Waals surface area (Å²) in [6, 6.07) is 2.93. The summed E-state index contributed by atoms with van der Waals surface area (Å²) in [5.74, 6) is 1.02. The average molecular weight is 223 g/mol. The summed E-state index contributed by atoms with van der Waals surface area (Å²) in [7, 11) is 0. The summed E-state index contributed by atoms with van der Waals surface area (Å²) >= 11 is 1.79. The van der Waals surface area contributed by atoms with Gasteiger partial charge in [0.15, 0.2) is 0 Å². The van der Waals surface area contributed by atoms with Crippen LogP contribution in [0.4, 0.5) is 0 Å². The maximum absolute atomic E-state index is 3.62. The van der Waals surface area contributed by atoms with Crippen LogP contribution >= 0.6 is 11.3 Å². The molecule has 0 bridgehead atoms. The minimum atomic E-state index is 0.703. The SMILES string of the molecule is CC(CC1CCC1)NCCc1ccsc1. The summed E-state index contributed by atoms with van der Waals surface area (Å²) in [4.78, 5) is 0. The molecule has 0 aromatic carbocycles. The Balaban J connectivity index is 1.56. The van der Waals surface area contributed by atoms with Gasteiger partial charge in [-0.1, -0.05) is 19.3 Å². The lowest BCUT2D eigenvalue weighted by molar-refractivity contribution is 0.266. The molecule has 1 fully saturated rings. The van der Waals surface area contributed by atoms with Crippen molar-refractivity contribution in [2.75, 3.05) is 6.54 Å². The van der Waals surface area contributed by atoms with Crippen LogP contribution in [-0.4, -0.2) is 12.6 Å². The molecular formula is C13H21NS. The molecule has 0 amide bonds. The molecule has 1 aromatic heterocycles. The fraction of sp³-hybridized carbons (Fsp3) is 0.692. The van der Waals surface area contributed by atoms with Gasteiger partial charge in [0.05, 0.1) is 0 Å². The summed E-state index contributed by atoms with van der Waals surface area (Å²) in [6.07, 6.45) is 6.96. The first kappa shape index (κ1) is 11.2. The van der Waals surface area contributed by atoms with E-state index in [1.807, 2.05) is 0 Å². The van der Waals surface area contributed by atoms with Gasteiger partial charge in [-0.25, -0.2) is 0 Å². The molecule has 2 heteroatoms. The van der Waals surface area contributed by atoms with Gasteiger partial charge in [0, 0.05) is 6.04 Å². The lowest BCUT2D eigenvalue weighted by atomic mass is 9.81. The van der Waals surface area contributed by atoms with Gasteiger partial charge in [-0.05, 0) is 54.6 Å². The van der Waals surface area contributed by atoms with Crippen molar-refractivity contribution in [2.24, 2.45) is 5.92 Å². The third-order valence-electron chi connectivity index (χ3n) is 3.40. The van der Waals surface area contributed by atoms with Gasteiger partial charge in [0.2, 0.25) is 0 Å². The predicted octanol–water partition coefficient (Wildman–Crippen LogP) is 3.46. The highest BCUT2D eigenvalue weighted by Crippen LogP contribution is 2.30. The average Bonchev–Trinajstić information content (AvgIpc) is 2.64. The van der Waals surface area contributed by atoms with Gasteiger partial charge in [0.1, 0.15) is 0 Å². The van der Waals surface area contributed by atoms with Crippen molar-refractivity contribution < 1.29 is 0 Å². The van der Waals surface area contributed by atoms with Crippen molar-refractivity contribution in [1.82, 2.24) is 5.32 Å². The third kappa shape index (κ3) is 3.62. The second-order valence-electron chi connectivity index (χ2n) is 4.77. The minimum Gasteiger partial charge on any atom is -0.314 e. The molecule has 84 valence electrons. The summed E-state index contributed by atoms with van der Waals surface area (Å²) < 4.78 is 0. The molecule has 0 spiro atoms. The molecule has 1 aliphatic carbocycles. The van der Waals surface area contributed by atoms with E-state index in [2.05, 4.69) is 29.1 Å². The molecule has 2 rings (SSSR count). The van der Waals surface area contributed by atoms with E-state index in [0.29, 0.717) is 6.04 Å². The van der Waals surface area contributed by atoms with Crippen LogP contribution in [0.25, 0.3) is 0 Å². The van der Waals surface area contributed by atoms with Crippen LogP contribution in [0, 0.1) is 5.92 Å². The smallest absolute Gasteiger partial charge is 0.00414 e. The van der Waals surface area contributed by atoms with Gasteiger partial charge < -0.3 is 5.32 Å². The second-order valence-corrected chi connectivity index (χ2v) is 5.55. The summed E-state index contributed by atoms with van der Waals surface area (Å²) in [6.45, 7) is 3.45. The van der Waals surface area contributed by atoms with E-state index >= 15 is 0 Å². The minimum absolute atomic E-state index is 0.703. The molecule has 0 radical (unpaired) electrons. The van der Waals surface area contributed by atoms with Crippen molar-refractivity contribution in [3.63, 3.8) is 0 Å². The molecule has 1 N–H and O–H groups in total. The number of nitrogens with one attached hydrogen (secondary N) is 1.